The van der Waals surface area contributed by atoms with Crippen LogP contribution in [0.2, 0.25) is 5.02 Å². The van der Waals surface area contributed by atoms with Crippen LogP contribution in [0.15, 0.2) is 62.4 Å². The maximum atomic E-state index is 13.8. The predicted molar refractivity (Wildman–Crippen MR) is 145 cm³/mol. The molecule has 6 nitrogen and oxygen atoms in total. The Labute approximate surface area is 240 Å². The molecule has 1 N–H and O–H groups in total. The summed E-state index contributed by atoms with van der Waals surface area (Å²) in [6.45, 7) is -0.464. The number of ether oxygens (including phenoxy) is 1. The summed E-state index contributed by atoms with van der Waals surface area (Å²) in [7, 11) is 0. The Morgan fingerprint density at radius 2 is 1.68 bits per heavy atom. The van der Waals surface area contributed by atoms with Gasteiger partial charge in [-0.05, 0) is 97.2 Å². The van der Waals surface area contributed by atoms with Crippen molar-refractivity contribution in [3.05, 3.63) is 96.0 Å². The van der Waals surface area contributed by atoms with Crippen LogP contribution in [0.4, 0.5) is 23.7 Å². The predicted octanol–water partition coefficient (Wildman–Crippen LogP) is 7.54. The summed E-state index contributed by atoms with van der Waals surface area (Å²) in [5.74, 6) is -5.95. The van der Waals surface area contributed by atoms with E-state index < -0.39 is 46.7 Å². The monoisotopic (exact) mass is 688 g/mol. The molecule has 0 radical (unpaired) electrons. The zero-order valence-electron chi connectivity index (χ0n) is 18.9. The van der Waals surface area contributed by atoms with Crippen molar-refractivity contribution in [2.75, 3.05) is 11.9 Å². The molecule has 1 aliphatic heterocycles. The number of imide groups is 1. The number of nitrogens with one attached hydrogen (secondary N) is 1. The summed E-state index contributed by atoms with van der Waals surface area (Å²) in [4.78, 5) is 38.2. The van der Waals surface area contributed by atoms with E-state index in [-0.39, 0.29) is 11.5 Å². The van der Waals surface area contributed by atoms with E-state index in [2.05, 4.69) is 31.9 Å². The van der Waals surface area contributed by atoms with Crippen molar-refractivity contribution in [3.63, 3.8) is 0 Å². The van der Waals surface area contributed by atoms with Gasteiger partial charge in [0.15, 0.2) is 17.5 Å². The molecule has 0 spiro atoms. The fourth-order valence-corrected chi connectivity index (χ4v) is 5.70. The van der Waals surface area contributed by atoms with Crippen LogP contribution in [0.25, 0.3) is 6.08 Å². The largest absolute Gasteiger partial charge is 0.487 e. The lowest BCUT2D eigenvalue weighted by atomic mass is 10.2. The Balaban J connectivity index is 1.44. The molecule has 0 atom stereocenters. The number of halogens is 6. The lowest BCUT2D eigenvalue weighted by Crippen LogP contribution is -2.36. The standard InChI is InChI=1S/C25H14Br2ClF3N2O4S/c26-15-7-13(8-16(27)23(15)37-11-12-1-3-14(28)4-2-12)9-19-24(35)33(25(36)38-19)10-20(34)32-18-6-5-17(29)21(30)22(18)31/h1-9H,10-11H2,(H,32,34)/b19-9+. The van der Waals surface area contributed by atoms with Crippen LogP contribution in [-0.2, 0) is 16.2 Å². The van der Waals surface area contributed by atoms with Gasteiger partial charge in [-0.1, -0.05) is 23.7 Å². The quantitative estimate of drug-likeness (QED) is 0.205. The normalized spacial score (nSPS) is 14.4. The molecule has 13 heteroatoms. The van der Waals surface area contributed by atoms with Crippen LogP contribution in [0.5, 0.6) is 5.75 Å². The van der Waals surface area contributed by atoms with Gasteiger partial charge in [0.1, 0.15) is 18.9 Å². The van der Waals surface area contributed by atoms with E-state index in [0.29, 0.717) is 48.0 Å². The van der Waals surface area contributed by atoms with Gasteiger partial charge in [-0.3, -0.25) is 19.3 Å². The summed E-state index contributed by atoms with van der Waals surface area (Å²) in [5.41, 5.74) is 0.841. The average molecular weight is 691 g/mol. The number of benzene rings is 3. The van der Waals surface area contributed by atoms with Gasteiger partial charge in [0.25, 0.3) is 11.1 Å². The summed E-state index contributed by atoms with van der Waals surface area (Å²) in [6, 6.07) is 12.0. The fraction of sp³-hybridized carbons (Fsp3) is 0.0800. The van der Waals surface area contributed by atoms with Crippen molar-refractivity contribution in [1.29, 1.82) is 0 Å². The third-order valence-electron chi connectivity index (χ3n) is 5.10. The van der Waals surface area contributed by atoms with Gasteiger partial charge in [0, 0.05) is 5.02 Å². The molecule has 4 rings (SSSR count). The van der Waals surface area contributed by atoms with Crippen LogP contribution in [0.1, 0.15) is 11.1 Å². The molecule has 1 fully saturated rings. The molecule has 0 aromatic heterocycles. The van der Waals surface area contributed by atoms with Gasteiger partial charge in [0.2, 0.25) is 5.91 Å². The fourth-order valence-electron chi connectivity index (χ4n) is 3.28. The van der Waals surface area contributed by atoms with Gasteiger partial charge in [-0.15, -0.1) is 0 Å². The second kappa shape index (κ2) is 11.9. The number of amides is 3. The number of hydrogen-bond acceptors (Lipinski definition) is 5. The lowest BCUT2D eigenvalue weighted by molar-refractivity contribution is -0.127. The number of thioether (sulfide) groups is 1. The highest BCUT2D eigenvalue weighted by Crippen LogP contribution is 2.38. The number of anilines is 1. The molecule has 0 bridgehead atoms. The van der Waals surface area contributed by atoms with E-state index in [1.807, 2.05) is 17.4 Å². The molecule has 0 unspecified atom stereocenters. The van der Waals surface area contributed by atoms with Crippen molar-refractivity contribution in [3.8, 4) is 5.75 Å². The molecule has 1 saturated heterocycles. The van der Waals surface area contributed by atoms with E-state index in [4.69, 9.17) is 16.3 Å². The SMILES string of the molecule is O=C(CN1C(=O)S/C(=C/c2cc(Br)c(OCc3ccc(Cl)cc3)c(Br)c2)C1=O)Nc1ccc(F)c(F)c1F. The van der Waals surface area contributed by atoms with Crippen molar-refractivity contribution < 1.29 is 32.3 Å². The topological polar surface area (TPSA) is 75.7 Å². The highest BCUT2D eigenvalue weighted by molar-refractivity contribution is 9.11. The number of nitrogens with zero attached hydrogens (tertiary/aromatic N) is 1. The third kappa shape index (κ3) is 6.42. The summed E-state index contributed by atoms with van der Waals surface area (Å²) >= 11 is 13.4. The minimum Gasteiger partial charge on any atom is -0.487 e. The molecule has 3 aromatic carbocycles. The van der Waals surface area contributed by atoms with Crippen LogP contribution in [0.3, 0.4) is 0 Å². The lowest BCUT2D eigenvalue weighted by Gasteiger charge is -2.13. The summed E-state index contributed by atoms with van der Waals surface area (Å²) < 4.78 is 47.4. The summed E-state index contributed by atoms with van der Waals surface area (Å²) in [5, 5.41) is 1.92. The van der Waals surface area contributed by atoms with E-state index in [1.54, 1.807) is 24.3 Å². The molecular weight excluding hydrogens is 677 g/mol. The first-order valence-electron chi connectivity index (χ1n) is 10.6. The molecule has 3 amide bonds. The van der Waals surface area contributed by atoms with E-state index in [0.717, 1.165) is 11.6 Å². The Morgan fingerprint density at radius 1 is 1.03 bits per heavy atom. The van der Waals surface area contributed by atoms with Gasteiger partial charge in [-0.25, -0.2) is 13.2 Å². The Kier molecular flexibility index (Phi) is 8.86. The third-order valence-corrected chi connectivity index (χ3v) is 7.44. The van der Waals surface area contributed by atoms with Gasteiger partial charge < -0.3 is 10.1 Å². The minimum atomic E-state index is -1.75. The van der Waals surface area contributed by atoms with Crippen molar-refractivity contribution in [2.24, 2.45) is 0 Å². The maximum Gasteiger partial charge on any atom is 0.294 e. The number of rotatable bonds is 7. The smallest absolute Gasteiger partial charge is 0.294 e. The first-order valence-corrected chi connectivity index (χ1v) is 13.4. The van der Waals surface area contributed by atoms with Gasteiger partial charge in [-0.2, -0.15) is 0 Å². The molecule has 0 aliphatic carbocycles. The van der Waals surface area contributed by atoms with Crippen LogP contribution in [0, 0.1) is 17.5 Å². The highest BCUT2D eigenvalue weighted by Gasteiger charge is 2.36. The van der Waals surface area contributed by atoms with E-state index in [1.165, 1.54) is 6.08 Å². The first-order chi connectivity index (χ1) is 18.0. The molecule has 0 saturated carbocycles. The molecule has 1 aliphatic rings. The van der Waals surface area contributed by atoms with Crippen molar-refractivity contribution in [2.45, 2.75) is 6.61 Å². The van der Waals surface area contributed by atoms with Crippen LogP contribution in [-0.4, -0.2) is 28.5 Å². The van der Waals surface area contributed by atoms with Crippen molar-refractivity contribution in [1.82, 2.24) is 4.90 Å². The highest BCUT2D eigenvalue weighted by atomic mass is 79.9. The number of hydrogen-bond donors (Lipinski definition) is 1. The second-order valence-electron chi connectivity index (χ2n) is 7.77. The van der Waals surface area contributed by atoms with Crippen LogP contribution < -0.4 is 10.1 Å². The molecule has 1 heterocycles. The Hall–Kier alpha value is -2.80. The first kappa shape index (κ1) is 28.2. The number of carbonyl (C=O) groups excluding carboxylic acids is 3. The Bertz CT molecular complexity index is 1470. The molecule has 38 heavy (non-hydrogen) atoms. The zero-order chi connectivity index (χ0) is 27.6. The molecular formula is C25H14Br2ClF3N2O4S. The van der Waals surface area contributed by atoms with Crippen LogP contribution >= 0.6 is 55.2 Å². The average Bonchev–Trinajstić information content (AvgIpc) is 3.12. The maximum absolute atomic E-state index is 13.8. The number of carbonyl (C=O) groups is 3. The molecule has 196 valence electrons. The van der Waals surface area contributed by atoms with Crippen molar-refractivity contribution >= 4 is 84.0 Å². The van der Waals surface area contributed by atoms with E-state index in [9.17, 15) is 27.6 Å². The minimum absolute atomic E-state index is 0.0513. The van der Waals surface area contributed by atoms with Gasteiger partial charge >= 0.3 is 0 Å². The van der Waals surface area contributed by atoms with Gasteiger partial charge in [0.05, 0.1) is 19.5 Å². The zero-order valence-corrected chi connectivity index (χ0v) is 23.6. The molecule has 3 aromatic rings. The van der Waals surface area contributed by atoms with E-state index >= 15 is 0 Å². The second-order valence-corrected chi connectivity index (χ2v) is 10.9. The Morgan fingerprint density at radius 3 is 2.34 bits per heavy atom. The summed E-state index contributed by atoms with van der Waals surface area (Å²) in [6.07, 6.45) is 1.47.